The molecule has 0 saturated carbocycles. The van der Waals surface area contributed by atoms with Gasteiger partial charge in [0.15, 0.2) is 0 Å². The average molecular weight is 419 g/mol. The van der Waals surface area contributed by atoms with E-state index < -0.39 is 10.0 Å². The number of sulfonamides is 1. The van der Waals surface area contributed by atoms with Gasteiger partial charge in [0.1, 0.15) is 12.3 Å². The highest BCUT2D eigenvalue weighted by molar-refractivity contribution is 7.92. The highest BCUT2D eigenvalue weighted by Gasteiger charge is 2.26. The molecule has 1 unspecified atom stereocenters. The predicted octanol–water partition coefficient (Wildman–Crippen LogP) is 3.33. The van der Waals surface area contributed by atoms with Gasteiger partial charge in [0.2, 0.25) is 15.9 Å². The van der Waals surface area contributed by atoms with Crippen LogP contribution in [0, 0.1) is 0 Å². The number of ether oxygens (including phenoxy) is 1. The van der Waals surface area contributed by atoms with E-state index in [2.05, 4.69) is 31.3 Å². The molecule has 6 nitrogen and oxygen atoms in total. The molecule has 2 aromatic rings. The third kappa shape index (κ3) is 6.49. The molecule has 0 saturated heterocycles. The van der Waals surface area contributed by atoms with E-state index in [0.717, 1.165) is 17.0 Å². The summed E-state index contributed by atoms with van der Waals surface area (Å²) in [6.45, 7) is 5.90. The van der Waals surface area contributed by atoms with E-state index in [-0.39, 0.29) is 23.9 Å². The van der Waals surface area contributed by atoms with E-state index in [1.54, 1.807) is 24.3 Å². The van der Waals surface area contributed by atoms with Crippen molar-refractivity contribution in [3.8, 4) is 5.75 Å². The van der Waals surface area contributed by atoms with Crippen molar-refractivity contribution in [3.05, 3.63) is 60.2 Å². The maximum Gasteiger partial charge on any atom is 0.240 e. The summed E-state index contributed by atoms with van der Waals surface area (Å²) in [5.74, 6) is 0.171. The Morgan fingerprint density at radius 2 is 1.79 bits per heavy atom. The lowest BCUT2D eigenvalue weighted by Gasteiger charge is -2.30. The fraction of sp³-hybridized carbons (Fsp3) is 0.409. The summed E-state index contributed by atoms with van der Waals surface area (Å²) in [5.41, 5.74) is 1.45. The zero-order valence-electron chi connectivity index (χ0n) is 17.7. The summed E-state index contributed by atoms with van der Waals surface area (Å²) >= 11 is 0. The largest absolute Gasteiger partial charge is 0.497 e. The van der Waals surface area contributed by atoms with Gasteiger partial charge in [-0.3, -0.25) is 9.10 Å². The van der Waals surface area contributed by atoms with Gasteiger partial charge in [-0.25, -0.2) is 8.42 Å². The molecule has 0 fully saturated rings. The molecule has 7 heteroatoms. The number of carbonyl (C=O) groups excluding carboxylic acids is 1. The number of nitrogens with zero attached hydrogens (tertiary/aromatic N) is 1. The summed E-state index contributed by atoms with van der Waals surface area (Å²) in [7, 11) is -2.13. The van der Waals surface area contributed by atoms with E-state index in [1.165, 1.54) is 12.7 Å². The maximum atomic E-state index is 12.6. The average Bonchev–Trinajstić information content (AvgIpc) is 2.65. The Bertz CT molecular complexity index is 927. The number of nitrogens with one attached hydrogen (secondary N) is 1. The molecular formula is C22H30N2O4S. The fourth-order valence-electron chi connectivity index (χ4n) is 3.44. The van der Waals surface area contributed by atoms with Crippen LogP contribution in [0.1, 0.15) is 32.8 Å². The number of hydrogen-bond donors (Lipinski definition) is 1. The zero-order valence-corrected chi connectivity index (χ0v) is 18.5. The molecule has 0 aliphatic heterocycles. The van der Waals surface area contributed by atoms with Crippen LogP contribution in [0.2, 0.25) is 0 Å². The molecule has 158 valence electrons. The van der Waals surface area contributed by atoms with Crippen LogP contribution >= 0.6 is 0 Å². The monoisotopic (exact) mass is 418 g/mol. The van der Waals surface area contributed by atoms with Gasteiger partial charge in [-0.1, -0.05) is 50.2 Å². The first kappa shape index (κ1) is 22.7. The topological polar surface area (TPSA) is 75.7 Å². The summed E-state index contributed by atoms with van der Waals surface area (Å²) in [4.78, 5) is 12.6. The van der Waals surface area contributed by atoms with Gasteiger partial charge in [0.05, 0.1) is 19.1 Å². The fourth-order valence-corrected chi connectivity index (χ4v) is 4.29. The molecule has 0 aliphatic rings. The van der Waals surface area contributed by atoms with Crippen molar-refractivity contribution in [3.63, 3.8) is 0 Å². The summed E-state index contributed by atoms with van der Waals surface area (Å²) < 4.78 is 30.8. The summed E-state index contributed by atoms with van der Waals surface area (Å²) in [5, 5.41) is 2.93. The molecule has 1 N–H and O–H groups in total. The molecule has 0 spiro atoms. The lowest BCUT2D eigenvalue weighted by Crippen LogP contribution is -2.44. The van der Waals surface area contributed by atoms with Gasteiger partial charge >= 0.3 is 0 Å². The number of amides is 1. The third-order valence-corrected chi connectivity index (χ3v) is 5.95. The summed E-state index contributed by atoms with van der Waals surface area (Å²) in [6.07, 6.45) is 1.81. The second kappa shape index (κ2) is 9.31. The van der Waals surface area contributed by atoms with Crippen molar-refractivity contribution in [2.75, 3.05) is 24.2 Å². The molecule has 0 aromatic heterocycles. The van der Waals surface area contributed by atoms with Gasteiger partial charge in [-0.2, -0.15) is 0 Å². The maximum absolute atomic E-state index is 12.6. The number of carbonyl (C=O) groups is 1. The van der Waals surface area contributed by atoms with Crippen LogP contribution in [0.4, 0.5) is 5.69 Å². The van der Waals surface area contributed by atoms with Crippen LogP contribution in [0.15, 0.2) is 54.6 Å². The molecule has 1 atom stereocenters. The molecule has 0 bridgehead atoms. The standard InChI is InChI=1S/C22H30N2O4S/c1-17(15-22(2,3)18-10-7-6-8-11-18)23-21(25)16-24(29(5,26)27)19-12-9-13-20(14-19)28-4/h6-14,17H,15-16H2,1-5H3,(H,23,25). The Morgan fingerprint density at radius 1 is 1.14 bits per heavy atom. The van der Waals surface area contributed by atoms with E-state index in [0.29, 0.717) is 11.4 Å². The van der Waals surface area contributed by atoms with Gasteiger partial charge in [-0.05, 0) is 36.5 Å². The lowest BCUT2D eigenvalue weighted by molar-refractivity contribution is -0.120. The Hall–Kier alpha value is -2.54. The van der Waals surface area contributed by atoms with Crippen molar-refractivity contribution in [1.29, 1.82) is 0 Å². The number of rotatable bonds is 9. The quantitative estimate of drug-likeness (QED) is 0.678. The molecule has 0 radical (unpaired) electrons. The highest BCUT2D eigenvalue weighted by atomic mass is 32.2. The summed E-state index contributed by atoms with van der Waals surface area (Å²) in [6, 6.07) is 16.6. The smallest absolute Gasteiger partial charge is 0.240 e. The second-order valence-corrected chi connectivity index (χ2v) is 9.80. The van der Waals surface area contributed by atoms with Gasteiger partial charge in [-0.15, -0.1) is 0 Å². The lowest BCUT2D eigenvalue weighted by atomic mass is 9.79. The zero-order chi connectivity index (χ0) is 21.7. The third-order valence-electron chi connectivity index (χ3n) is 4.81. The number of benzene rings is 2. The van der Waals surface area contributed by atoms with Crippen molar-refractivity contribution in [2.24, 2.45) is 0 Å². The Balaban J connectivity index is 2.08. The van der Waals surface area contributed by atoms with E-state index in [1.807, 2.05) is 25.1 Å². The SMILES string of the molecule is COc1cccc(N(CC(=O)NC(C)CC(C)(C)c2ccccc2)S(C)(=O)=O)c1. The van der Waals surface area contributed by atoms with Crippen molar-refractivity contribution < 1.29 is 17.9 Å². The van der Waals surface area contributed by atoms with Crippen LogP contribution < -0.4 is 14.4 Å². The van der Waals surface area contributed by atoms with E-state index >= 15 is 0 Å². The first-order chi connectivity index (χ1) is 13.5. The normalized spacial score (nSPS) is 12.9. The predicted molar refractivity (Wildman–Crippen MR) is 117 cm³/mol. The molecule has 29 heavy (non-hydrogen) atoms. The molecule has 2 aromatic carbocycles. The molecule has 0 heterocycles. The number of hydrogen-bond acceptors (Lipinski definition) is 4. The van der Waals surface area contributed by atoms with Crippen LogP contribution in [0.5, 0.6) is 5.75 Å². The second-order valence-electron chi connectivity index (χ2n) is 7.89. The Morgan fingerprint density at radius 3 is 2.38 bits per heavy atom. The van der Waals surface area contributed by atoms with Crippen LogP contribution in [0.25, 0.3) is 0 Å². The van der Waals surface area contributed by atoms with Crippen molar-refractivity contribution >= 4 is 21.6 Å². The molecule has 2 rings (SSSR count). The highest BCUT2D eigenvalue weighted by Crippen LogP contribution is 2.28. The van der Waals surface area contributed by atoms with Crippen LogP contribution in [-0.4, -0.2) is 40.3 Å². The van der Waals surface area contributed by atoms with Crippen molar-refractivity contribution in [2.45, 2.75) is 38.6 Å². The minimum absolute atomic E-state index is 0.121. The molecule has 0 aliphatic carbocycles. The van der Waals surface area contributed by atoms with E-state index in [9.17, 15) is 13.2 Å². The van der Waals surface area contributed by atoms with Crippen LogP contribution in [-0.2, 0) is 20.2 Å². The first-order valence-corrected chi connectivity index (χ1v) is 11.3. The van der Waals surface area contributed by atoms with Crippen molar-refractivity contribution in [1.82, 2.24) is 5.32 Å². The number of methoxy groups -OCH3 is 1. The molecule has 1 amide bonds. The van der Waals surface area contributed by atoms with Gasteiger partial charge in [0.25, 0.3) is 0 Å². The van der Waals surface area contributed by atoms with E-state index in [4.69, 9.17) is 4.74 Å². The number of anilines is 1. The minimum atomic E-state index is -3.63. The van der Waals surface area contributed by atoms with Crippen LogP contribution in [0.3, 0.4) is 0 Å². The van der Waals surface area contributed by atoms with Gasteiger partial charge < -0.3 is 10.1 Å². The first-order valence-electron chi connectivity index (χ1n) is 9.49. The van der Waals surface area contributed by atoms with Gasteiger partial charge in [0, 0.05) is 12.1 Å². The molecular weight excluding hydrogens is 388 g/mol. The Labute approximate surface area is 173 Å². The minimum Gasteiger partial charge on any atom is -0.497 e. The Kier molecular flexibility index (Phi) is 7.30.